The molecule has 1 aliphatic heterocycles. The molecule has 0 aromatic carbocycles. The Kier molecular flexibility index (Phi) is 6.30. The van der Waals surface area contributed by atoms with Gasteiger partial charge >= 0.3 is 0 Å². The first-order chi connectivity index (χ1) is 9.77. The van der Waals surface area contributed by atoms with Crippen molar-refractivity contribution in [2.45, 2.75) is 57.9 Å². The summed E-state index contributed by atoms with van der Waals surface area (Å²) in [7, 11) is 0. The minimum Gasteiger partial charge on any atom is -0.386 e. The smallest absolute Gasteiger partial charge is 0.263 e. The molecule has 1 saturated carbocycles. The van der Waals surface area contributed by atoms with Gasteiger partial charge in [-0.25, -0.2) is 0 Å². The normalized spacial score (nSPS) is 24.8. The topological polar surface area (TPSA) is 51.1 Å². The molecule has 2 aliphatic rings. The molecule has 1 unspecified atom stereocenters. The van der Waals surface area contributed by atoms with E-state index in [9.17, 15) is 4.79 Å². The Morgan fingerprint density at radius 2 is 2.05 bits per heavy atom. The maximum absolute atomic E-state index is 12.1. The van der Waals surface area contributed by atoms with Gasteiger partial charge in [0.05, 0.1) is 12.3 Å². The van der Waals surface area contributed by atoms with Gasteiger partial charge in [-0.3, -0.25) is 4.79 Å². The van der Waals surface area contributed by atoms with Crippen molar-refractivity contribution in [3.63, 3.8) is 0 Å². The highest BCUT2D eigenvalue weighted by Crippen LogP contribution is 2.15. The second-order valence-corrected chi connectivity index (χ2v) is 5.68. The Bertz CT molecular complexity index is 334. The molecule has 0 aromatic heterocycles. The van der Waals surface area contributed by atoms with Gasteiger partial charge < -0.3 is 14.5 Å². The van der Waals surface area contributed by atoms with Crippen LogP contribution in [0, 0.1) is 0 Å². The first kappa shape index (κ1) is 15.3. The molecule has 20 heavy (non-hydrogen) atoms. The zero-order valence-corrected chi connectivity index (χ0v) is 12.5. The van der Waals surface area contributed by atoms with Gasteiger partial charge in [-0.1, -0.05) is 18.0 Å². The molecule has 0 aromatic rings. The van der Waals surface area contributed by atoms with E-state index in [1.807, 2.05) is 4.90 Å². The van der Waals surface area contributed by atoms with Crippen LogP contribution in [0.3, 0.4) is 0 Å². The first-order valence-electron chi connectivity index (χ1n) is 7.82. The standard InChI is InChI=1S/C15H26N2O3/c1-13-8-10-19-11-9-17(13)15(18)12-20-16-14-6-4-2-3-5-7-14/h13H,2-12H2,1H3. The molecule has 2 fully saturated rings. The van der Waals surface area contributed by atoms with Crippen molar-refractivity contribution in [1.29, 1.82) is 0 Å². The second kappa shape index (κ2) is 8.25. The monoisotopic (exact) mass is 282 g/mol. The lowest BCUT2D eigenvalue weighted by molar-refractivity contribution is -0.138. The quantitative estimate of drug-likeness (QED) is 0.590. The third-order valence-corrected chi connectivity index (χ3v) is 4.07. The van der Waals surface area contributed by atoms with Crippen LogP contribution in [0.2, 0.25) is 0 Å². The molecule has 5 nitrogen and oxygen atoms in total. The van der Waals surface area contributed by atoms with E-state index in [2.05, 4.69) is 12.1 Å². The molecule has 0 radical (unpaired) electrons. The number of carbonyl (C=O) groups is 1. The Balaban J connectivity index is 1.77. The van der Waals surface area contributed by atoms with E-state index >= 15 is 0 Å². The summed E-state index contributed by atoms with van der Waals surface area (Å²) < 4.78 is 5.40. The fourth-order valence-electron chi connectivity index (χ4n) is 2.76. The first-order valence-corrected chi connectivity index (χ1v) is 7.82. The molecule has 1 amide bonds. The average molecular weight is 282 g/mol. The molecule has 0 N–H and O–H groups in total. The van der Waals surface area contributed by atoms with Gasteiger partial charge in [0.1, 0.15) is 0 Å². The Morgan fingerprint density at radius 3 is 2.80 bits per heavy atom. The van der Waals surface area contributed by atoms with Crippen molar-refractivity contribution >= 4 is 11.6 Å². The molecule has 0 bridgehead atoms. The Morgan fingerprint density at radius 1 is 1.30 bits per heavy atom. The van der Waals surface area contributed by atoms with Crippen molar-refractivity contribution in [2.75, 3.05) is 26.4 Å². The number of ether oxygens (including phenoxy) is 1. The summed E-state index contributed by atoms with van der Waals surface area (Å²) in [6.45, 7) is 4.11. The van der Waals surface area contributed by atoms with Crippen molar-refractivity contribution < 1.29 is 14.4 Å². The van der Waals surface area contributed by atoms with Gasteiger partial charge in [-0.05, 0) is 39.0 Å². The van der Waals surface area contributed by atoms with Gasteiger partial charge in [0.25, 0.3) is 5.91 Å². The summed E-state index contributed by atoms with van der Waals surface area (Å²) in [5.41, 5.74) is 1.11. The number of nitrogens with zero attached hydrogens (tertiary/aromatic N) is 2. The van der Waals surface area contributed by atoms with E-state index in [1.165, 1.54) is 25.7 Å². The van der Waals surface area contributed by atoms with E-state index in [1.54, 1.807) is 0 Å². The number of amides is 1. The number of hydrogen-bond acceptors (Lipinski definition) is 4. The van der Waals surface area contributed by atoms with E-state index in [0.29, 0.717) is 13.2 Å². The minimum absolute atomic E-state index is 0.0148. The molecular weight excluding hydrogens is 256 g/mol. The number of carbonyl (C=O) groups excluding carboxylic acids is 1. The average Bonchev–Trinajstić information content (AvgIpc) is 2.81. The molecule has 5 heteroatoms. The maximum atomic E-state index is 12.1. The molecule has 114 valence electrons. The zero-order chi connectivity index (χ0) is 14.2. The van der Waals surface area contributed by atoms with E-state index in [4.69, 9.17) is 9.57 Å². The predicted octanol–water partition coefficient (Wildman–Crippen LogP) is 2.35. The van der Waals surface area contributed by atoms with Crippen LogP contribution in [-0.2, 0) is 14.4 Å². The lowest BCUT2D eigenvalue weighted by Crippen LogP contribution is -2.41. The van der Waals surface area contributed by atoms with Crippen molar-refractivity contribution in [2.24, 2.45) is 5.16 Å². The van der Waals surface area contributed by atoms with Crippen LogP contribution in [-0.4, -0.2) is 48.9 Å². The van der Waals surface area contributed by atoms with Gasteiger partial charge in [0.15, 0.2) is 6.61 Å². The molecular formula is C15H26N2O3. The van der Waals surface area contributed by atoms with Crippen LogP contribution in [0.25, 0.3) is 0 Å². The summed E-state index contributed by atoms with van der Waals surface area (Å²) in [6.07, 6.45) is 7.87. The summed E-state index contributed by atoms with van der Waals surface area (Å²) in [6, 6.07) is 0.221. The van der Waals surface area contributed by atoms with Gasteiger partial charge in [-0.15, -0.1) is 0 Å². The third-order valence-electron chi connectivity index (χ3n) is 4.07. The highest BCUT2D eigenvalue weighted by molar-refractivity contribution is 5.84. The molecule has 1 saturated heterocycles. The number of hydrogen-bond donors (Lipinski definition) is 0. The van der Waals surface area contributed by atoms with Gasteiger partial charge in [0, 0.05) is 19.2 Å². The fourth-order valence-corrected chi connectivity index (χ4v) is 2.76. The third kappa shape index (κ3) is 4.78. The number of rotatable bonds is 3. The summed E-state index contributed by atoms with van der Waals surface area (Å²) in [5.74, 6) is 0.0148. The van der Waals surface area contributed by atoms with E-state index < -0.39 is 0 Å². The fraction of sp³-hybridized carbons (Fsp3) is 0.867. The second-order valence-electron chi connectivity index (χ2n) is 5.68. The Labute approximate surface area is 121 Å². The predicted molar refractivity (Wildman–Crippen MR) is 77.7 cm³/mol. The van der Waals surface area contributed by atoms with E-state index in [0.717, 1.165) is 31.6 Å². The molecule has 0 spiro atoms. The highest BCUT2D eigenvalue weighted by atomic mass is 16.6. The zero-order valence-electron chi connectivity index (χ0n) is 12.5. The van der Waals surface area contributed by atoms with Crippen molar-refractivity contribution in [3.8, 4) is 0 Å². The SMILES string of the molecule is CC1CCOCCN1C(=O)CON=C1CCCCCC1. The van der Waals surface area contributed by atoms with Crippen LogP contribution in [0.5, 0.6) is 0 Å². The van der Waals surface area contributed by atoms with Crippen molar-refractivity contribution in [3.05, 3.63) is 0 Å². The Hall–Kier alpha value is -1.10. The summed E-state index contributed by atoms with van der Waals surface area (Å²) >= 11 is 0. The number of oxime groups is 1. The van der Waals surface area contributed by atoms with Crippen LogP contribution in [0.15, 0.2) is 5.16 Å². The maximum Gasteiger partial charge on any atom is 0.263 e. The van der Waals surface area contributed by atoms with E-state index in [-0.39, 0.29) is 18.6 Å². The van der Waals surface area contributed by atoms with Gasteiger partial charge in [-0.2, -0.15) is 0 Å². The molecule has 1 atom stereocenters. The van der Waals surface area contributed by atoms with Gasteiger partial charge in [0.2, 0.25) is 0 Å². The molecule has 1 aliphatic carbocycles. The van der Waals surface area contributed by atoms with Crippen LogP contribution < -0.4 is 0 Å². The molecule has 2 rings (SSSR count). The molecule has 1 heterocycles. The largest absolute Gasteiger partial charge is 0.386 e. The van der Waals surface area contributed by atoms with Crippen LogP contribution in [0.1, 0.15) is 51.9 Å². The minimum atomic E-state index is 0.0148. The highest BCUT2D eigenvalue weighted by Gasteiger charge is 2.22. The van der Waals surface area contributed by atoms with Crippen LogP contribution >= 0.6 is 0 Å². The summed E-state index contributed by atoms with van der Waals surface area (Å²) in [5, 5.41) is 4.16. The van der Waals surface area contributed by atoms with Crippen molar-refractivity contribution in [1.82, 2.24) is 4.90 Å². The lowest BCUT2D eigenvalue weighted by atomic mass is 10.2. The van der Waals surface area contributed by atoms with Crippen LogP contribution in [0.4, 0.5) is 0 Å². The summed E-state index contributed by atoms with van der Waals surface area (Å²) in [4.78, 5) is 19.3. The lowest BCUT2D eigenvalue weighted by Gasteiger charge is -2.25.